The predicted molar refractivity (Wildman–Crippen MR) is 70.6 cm³/mol. The first-order chi connectivity index (χ1) is 8.81. The third kappa shape index (κ3) is 3.28. The lowest BCUT2D eigenvalue weighted by molar-refractivity contribution is 0.414. The zero-order valence-corrected chi connectivity index (χ0v) is 10.7. The van der Waals surface area contributed by atoms with E-state index in [1.165, 1.54) is 0 Å². The quantitative estimate of drug-likeness (QED) is 0.869. The zero-order chi connectivity index (χ0) is 12.8. The van der Waals surface area contributed by atoms with Gasteiger partial charge in [0.15, 0.2) is 0 Å². The molecule has 1 aromatic heterocycles. The van der Waals surface area contributed by atoms with Gasteiger partial charge in [-0.05, 0) is 30.8 Å². The molecule has 18 heavy (non-hydrogen) atoms. The monoisotopic (exact) mass is 243 g/mol. The van der Waals surface area contributed by atoms with Crippen molar-refractivity contribution in [2.45, 2.75) is 13.0 Å². The maximum Gasteiger partial charge on any atom is 0.132 e. The molecule has 0 atom stereocenters. The Labute approximate surface area is 107 Å². The van der Waals surface area contributed by atoms with E-state index in [0.29, 0.717) is 0 Å². The number of ether oxygens (including phenoxy) is 1. The highest BCUT2D eigenvalue weighted by Crippen LogP contribution is 2.14. The minimum absolute atomic E-state index is 0.717. The maximum absolute atomic E-state index is 5.20. The second-order valence-corrected chi connectivity index (χ2v) is 4.02. The lowest BCUT2D eigenvalue weighted by atomic mass is 10.1. The fourth-order valence-electron chi connectivity index (χ4n) is 1.77. The third-order valence-electron chi connectivity index (χ3n) is 2.62. The Bertz CT molecular complexity index is 514. The summed E-state index contributed by atoms with van der Waals surface area (Å²) in [6.45, 7) is 0.758. The normalized spacial score (nSPS) is 10.3. The molecule has 0 amide bonds. The molecule has 0 fully saturated rings. The van der Waals surface area contributed by atoms with Gasteiger partial charge < -0.3 is 10.1 Å². The van der Waals surface area contributed by atoms with Gasteiger partial charge in [0, 0.05) is 19.2 Å². The summed E-state index contributed by atoms with van der Waals surface area (Å²) in [5.74, 6) is 1.69. The van der Waals surface area contributed by atoms with Crippen LogP contribution in [0.25, 0.3) is 0 Å². The minimum atomic E-state index is 0.717. The van der Waals surface area contributed by atoms with Gasteiger partial charge in [-0.15, -0.1) is 0 Å². The van der Waals surface area contributed by atoms with Crippen LogP contribution in [0, 0.1) is 0 Å². The van der Waals surface area contributed by atoms with E-state index in [4.69, 9.17) is 4.74 Å². The molecule has 0 saturated heterocycles. The lowest BCUT2D eigenvalue weighted by Gasteiger charge is -2.05. The van der Waals surface area contributed by atoms with E-state index in [0.717, 1.165) is 35.8 Å². The number of methoxy groups -OCH3 is 1. The highest BCUT2D eigenvalue weighted by molar-refractivity contribution is 5.30. The summed E-state index contributed by atoms with van der Waals surface area (Å²) in [5.41, 5.74) is 2.15. The molecule has 0 radical (unpaired) electrons. The average molecular weight is 243 g/mol. The standard InChI is InChI=1S/C14H17N3O/c1-15-10-12-6-7-16-14(17-12)9-11-4-3-5-13(8-11)18-2/h3-8,15H,9-10H2,1-2H3. The number of rotatable bonds is 5. The van der Waals surface area contributed by atoms with Crippen molar-refractivity contribution in [2.75, 3.05) is 14.2 Å². The summed E-state index contributed by atoms with van der Waals surface area (Å²) in [4.78, 5) is 8.79. The van der Waals surface area contributed by atoms with Crippen molar-refractivity contribution in [3.8, 4) is 5.75 Å². The fraction of sp³-hybridized carbons (Fsp3) is 0.286. The van der Waals surface area contributed by atoms with Gasteiger partial charge in [-0.25, -0.2) is 9.97 Å². The van der Waals surface area contributed by atoms with Crippen molar-refractivity contribution < 1.29 is 4.74 Å². The largest absolute Gasteiger partial charge is 0.497 e. The van der Waals surface area contributed by atoms with Crippen LogP contribution >= 0.6 is 0 Å². The Balaban J connectivity index is 2.14. The van der Waals surface area contributed by atoms with Crippen LogP contribution in [0.1, 0.15) is 17.1 Å². The van der Waals surface area contributed by atoms with Crippen molar-refractivity contribution in [2.24, 2.45) is 0 Å². The predicted octanol–water partition coefficient (Wildman–Crippen LogP) is 1.80. The second-order valence-electron chi connectivity index (χ2n) is 4.02. The SMILES string of the molecule is CNCc1ccnc(Cc2cccc(OC)c2)n1. The highest BCUT2D eigenvalue weighted by atomic mass is 16.5. The van der Waals surface area contributed by atoms with Crippen LogP contribution in [0.4, 0.5) is 0 Å². The van der Waals surface area contributed by atoms with Gasteiger partial charge in [0.25, 0.3) is 0 Å². The molecule has 0 aliphatic carbocycles. The molecule has 2 rings (SSSR count). The molecule has 0 unspecified atom stereocenters. The van der Waals surface area contributed by atoms with E-state index in [-0.39, 0.29) is 0 Å². The number of nitrogens with one attached hydrogen (secondary N) is 1. The summed E-state index contributed by atoms with van der Waals surface area (Å²) in [5, 5.41) is 3.08. The molecule has 0 aliphatic rings. The van der Waals surface area contributed by atoms with E-state index < -0.39 is 0 Å². The molecule has 1 N–H and O–H groups in total. The molecular weight excluding hydrogens is 226 g/mol. The van der Waals surface area contributed by atoms with Gasteiger partial charge in [-0.3, -0.25) is 0 Å². The Morgan fingerprint density at radius 2 is 2.17 bits per heavy atom. The van der Waals surface area contributed by atoms with Gasteiger partial charge >= 0.3 is 0 Å². The molecule has 0 saturated carbocycles. The van der Waals surface area contributed by atoms with Crippen molar-refractivity contribution in [3.63, 3.8) is 0 Å². The van der Waals surface area contributed by atoms with E-state index >= 15 is 0 Å². The van der Waals surface area contributed by atoms with Crippen molar-refractivity contribution in [1.29, 1.82) is 0 Å². The van der Waals surface area contributed by atoms with Crippen LogP contribution in [-0.2, 0) is 13.0 Å². The molecule has 0 aliphatic heterocycles. The summed E-state index contributed by atoms with van der Waals surface area (Å²) in [7, 11) is 3.58. The molecular formula is C14H17N3O. The van der Waals surface area contributed by atoms with Crippen LogP contribution in [0.5, 0.6) is 5.75 Å². The van der Waals surface area contributed by atoms with Crippen LogP contribution in [-0.4, -0.2) is 24.1 Å². The van der Waals surface area contributed by atoms with Gasteiger partial charge in [0.05, 0.1) is 12.8 Å². The Hall–Kier alpha value is -1.94. The average Bonchev–Trinajstić information content (AvgIpc) is 2.40. The van der Waals surface area contributed by atoms with Gasteiger partial charge in [0.2, 0.25) is 0 Å². The molecule has 1 aromatic carbocycles. The fourth-order valence-corrected chi connectivity index (χ4v) is 1.77. The van der Waals surface area contributed by atoms with Crippen LogP contribution in [0.3, 0.4) is 0 Å². The van der Waals surface area contributed by atoms with Crippen molar-refractivity contribution in [1.82, 2.24) is 15.3 Å². The Morgan fingerprint density at radius 1 is 1.28 bits per heavy atom. The van der Waals surface area contributed by atoms with E-state index in [2.05, 4.69) is 21.4 Å². The summed E-state index contributed by atoms with van der Waals surface area (Å²) >= 11 is 0. The number of hydrogen-bond acceptors (Lipinski definition) is 4. The van der Waals surface area contributed by atoms with Crippen molar-refractivity contribution >= 4 is 0 Å². The number of hydrogen-bond donors (Lipinski definition) is 1. The number of aromatic nitrogens is 2. The maximum atomic E-state index is 5.20. The van der Waals surface area contributed by atoms with Crippen molar-refractivity contribution in [3.05, 3.63) is 53.6 Å². The Kier molecular flexibility index (Phi) is 4.25. The summed E-state index contributed by atoms with van der Waals surface area (Å²) < 4.78 is 5.20. The van der Waals surface area contributed by atoms with E-state index in [9.17, 15) is 0 Å². The van der Waals surface area contributed by atoms with E-state index in [1.54, 1.807) is 13.3 Å². The van der Waals surface area contributed by atoms with Gasteiger partial charge in [-0.1, -0.05) is 12.1 Å². The van der Waals surface area contributed by atoms with Crippen LogP contribution in [0.15, 0.2) is 36.5 Å². The topological polar surface area (TPSA) is 47.0 Å². The number of benzene rings is 1. The molecule has 94 valence electrons. The summed E-state index contributed by atoms with van der Waals surface area (Å²) in [6, 6.07) is 9.89. The zero-order valence-electron chi connectivity index (χ0n) is 10.7. The first kappa shape index (κ1) is 12.5. The first-order valence-electron chi connectivity index (χ1n) is 5.90. The molecule has 1 heterocycles. The van der Waals surface area contributed by atoms with Crippen LogP contribution < -0.4 is 10.1 Å². The smallest absolute Gasteiger partial charge is 0.132 e. The molecule has 4 heteroatoms. The lowest BCUT2D eigenvalue weighted by Crippen LogP contribution is -2.09. The molecule has 0 spiro atoms. The first-order valence-corrected chi connectivity index (χ1v) is 5.90. The van der Waals surface area contributed by atoms with Crippen LogP contribution in [0.2, 0.25) is 0 Å². The third-order valence-corrected chi connectivity index (χ3v) is 2.62. The van der Waals surface area contributed by atoms with Gasteiger partial charge in [0.1, 0.15) is 11.6 Å². The Morgan fingerprint density at radius 3 is 2.94 bits per heavy atom. The van der Waals surface area contributed by atoms with E-state index in [1.807, 2.05) is 31.3 Å². The molecule has 0 bridgehead atoms. The number of nitrogens with zero attached hydrogens (tertiary/aromatic N) is 2. The highest BCUT2D eigenvalue weighted by Gasteiger charge is 2.02. The molecule has 2 aromatic rings. The van der Waals surface area contributed by atoms with Gasteiger partial charge in [-0.2, -0.15) is 0 Å². The molecule has 4 nitrogen and oxygen atoms in total. The minimum Gasteiger partial charge on any atom is -0.497 e. The second kappa shape index (κ2) is 6.12. The summed E-state index contributed by atoms with van der Waals surface area (Å²) in [6.07, 6.45) is 2.52.